The van der Waals surface area contributed by atoms with Crippen LogP contribution in [0.2, 0.25) is 0 Å². The summed E-state index contributed by atoms with van der Waals surface area (Å²) in [5, 5.41) is 3.47. The van der Waals surface area contributed by atoms with Crippen LogP contribution in [0.25, 0.3) is 0 Å². The predicted molar refractivity (Wildman–Crippen MR) is 67.7 cm³/mol. The second-order valence-corrected chi connectivity index (χ2v) is 5.05. The summed E-state index contributed by atoms with van der Waals surface area (Å²) < 4.78 is 5.36. The van der Waals surface area contributed by atoms with Crippen LogP contribution in [0.15, 0.2) is 0 Å². The molecule has 0 amide bonds. The third-order valence-electron chi connectivity index (χ3n) is 2.98. The van der Waals surface area contributed by atoms with Crippen molar-refractivity contribution in [3.8, 4) is 0 Å². The van der Waals surface area contributed by atoms with Crippen molar-refractivity contribution in [2.45, 2.75) is 45.6 Å². The van der Waals surface area contributed by atoms with E-state index in [1.54, 1.807) is 7.11 Å². The van der Waals surface area contributed by atoms with Gasteiger partial charge in [0, 0.05) is 13.0 Å². The molecule has 0 aliphatic carbocycles. The van der Waals surface area contributed by atoms with Gasteiger partial charge in [0.15, 0.2) is 0 Å². The third-order valence-corrected chi connectivity index (χ3v) is 3.20. The minimum absolute atomic E-state index is 0.0127. The highest BCUT2D eigenvalue weighted by molar-refractivity contribution is 6.17. The first-order valence-electron chi connectivity index (χ1n) is 5.87. The van der Waals surface area contributed by atoms with Gasteiger partial charge in [0.2, 0.25) is 0 Å². The van der Waals surface area contributed by atoms with Crippen LogP contribution in [0.5, 0.6) is 0 Å². The summed E-state index contributed by atoms with van der Waals surface area (Å²) in [6.45, 7) is 8.54. The van der Waals surface area contributed by atoms with Crippen molar-refractivity contribution in [2.75, 3.05) is 26.1 Å². The Morgan fingerprint density at radius 3 is 2.53 bits per heavy atom. The number of nitrogens with one attached hydrogen (secondary N) is 1. The highest BCUT2D eigenvalue weighted by atomic mass is 35.5. The van der Waals surface area contributed by atoms with Crippen LogP contribution in [-0.4, -0.2) is 31.7 Å². The van der Waals surface area contributed by atoms with E-state index in [1.165, 1.54) is 6.42 Å². The van der Waals surface area contributed by atoms with Crippen molar-refractivity contribution in [3.05, 3.63) is 0 Å². The minimum atomic E-state index is -0.0127. The Hall–Kier alpha value is 0.210. The fraction of sp³-hybridized carbons (Fsp3) is 1.00. The van der Waals surface area contributed by atoms with E-state index in [-0.39, 0.29) is 5.60 Å². The number of alkyl halides is 1. The molecule has 0 aliphatic rings. The van der Waals surface area contributed by atoms with Crippen LogP contribution in [0.1, 0.15) is 40.0 Å². The molecule has 0 saturated carbocycles. The maximum absolute atomic E-state index is 5.74. The van der Waals surface area contributed by atoms with E-state index in [0.29, 0.717) is 5.92 Å². The van der Waals surface area contributed by atoms with Crippen molar-refractivity contribution < 1.29 is 4.74 Å². The molecule has 3 heteroatoms. The summed E-state index contributed by atoms with van der Waals surface area (Å²) in [6.07, 6.45) is 3.35. The largest absolute Gasteiger partial charge is 0.379 e. The molecule has 0 rings (SSSR count). The molecule has 2 nitrogen and oxygen atoms in total. The molecular formula is C12H26ClNO. The third kappa shape index (κ3) is 8.06. The van der Waals surface area contributed by atoms with Gasteiger partial charge in [-0.15, -0.1) is 11.6 Å². The smallest absolute Gasteiger partial charge is 0.0634 e. The molecule has 0 bridgehead atoms. The molecule has 0 fully saturated rings. The summed E-state index contributed by atoms with van der Waals surface area (Å²) in [5.74, 6) is 1.48. The lowest BCUT2D eigenvalue weighted by atomic mass is 10.0. The molecular weight excluding hydrogens is 210 g/mol. The van der Waals surface area contributed by atoms with Crippen LogP contribution >= 0.6 is 11.6 Å². The number of hydrogen-bond donors (Lipinski definition) is 1. The lowest BCUT2D eigenvalue weighted by molar-refractivity contribution is 0.0157. The molecule has 0 spiro atoms. The highest BCUT2D eigenvalue weighted by Gasteiger charge is 2.15. The maximum atomic E-state index is 5.74. The summed E-state index contributed by atoms with van der Waals surface area (Å²) in [5.41, 5.74) is -0.0127. The summed E-state index contributed by atoms with van der Waals surface area (Å²) in [7, 11) is 1.77. The van der Waals surface area contributed by atoms with Gasteiger partial charge in [-0.25, -0.2) is 0 Å². The summed E-state index contributed by atoms with van der Waals surface area (Å²) in [4.78, 5) is 0. The lowest BCUT2D eigenvalue weighted by Crippen LogP contribution is -2.31. The van der Waals surface area contributed by atoms with Crippen molar-refractivity contribution in [1.29, 1.82) is 0 Å². The highest BCUT2D eigenvalue weighted by Crippen LogP contribution is 2.12. The van der Waals surface area contributed by atoms with Gasteiger partial charge >= 0.3 is 0 Å². The Morgan fingerprint density at radius 2 is 2.07 bits per heavy atom. The molecule has 0 aromatic rings. The number of ether oxygens (including phenoxy) is 1. The van der Waals surface area contributed by atoms with E-state index in [0.717, 1.165) is 31.8 Å². The van der Waals surface area contributed by atoms with Gasteiger partial charge in [0.25, 0.3) is 0 Å². The van der Waals surface area contributed by atoms with Gasteiger partial charge in [-0.1, -0.05) is 13.3 Å². The molecule has 0 aromatic carbocycles. The van der Waals surface area contributed by atoms with Crippen molar-refractivity contribution >= 4 is 11.6 Å². The quantitative estimate of drug-likeness (QED) is 0.490. The normalized spacial score (nSPS) is 14.2. The number of rotatable bonds is 9. The molecule has 0 radical (unpaired) electrons. The number of hydrogen-bond acceptors (Lipinski definition) is 2. The van der Waals surface area contributed by atoms with Gasteiger partial charge in [0.05, 0.1) is 5.60 Å². The zero-order chi connectivity index (χ0) is 11.7. The molecule has 0 heterocycles. The Kier molecular flexibility index (Phi) is 8.49. The van der Waals surface area contributed by atoms with E-state index in [2.05, 4.69) is 26.1 Å². The van der Waals surface area contributed by atoms with Gasteiger partial charge < -0.3 is 10.1 Å². The predicted octanol–water partition coefficient (Wildman–Crippen LogP) is 3.05. The molecule has 1 unspecified atom stereocenters. The molecule has 1 N–H and O–H groups in total. The summed E-state index contributed by atoms with van der Waals surface area (Å²) >= 11 is 5.74. The lowest BCUT2D eigenvalue weighted by Gasteiger charge is -2.23. The Labute approximate surface area is 99.7 Å². The van der Waals surface area contributed by atoms with Crippen LogP contribution in [-0.2, 0) is 4.74 Å². The van der Waals surface area contributed by atoms with E-state index in [9.17, 15) is 0 Å². The SMILES string of the molecule is CCC(CCCl)CNCCC(C)(C)OC. The maximum Gasteiger partial charge on any atom is 0.0634 e. The Morgan fingerprint density at radius 1 is 1.40 bits per heavy atom. The van der Waals surface area contributed by atoms with E-state index >= 15 is 0 Å². The number of halogens is 1. The molecule has 92 valence electrons. The van der Waals surface area contributed by atoms with Gasteiger partial charge in [0.1, 0.15) is 0 Å². The molecule has 15 heavy (non-hydrogen) atoms. The van der Waals surface area contributed by atoms with E-state index < -0.39 is 0 Å². The first-order chi connectivity index (χ1) is 7.05. The van der Waals surface area contributed by atoms with Gasteiger partial charge in [-0.2, -0.15) is 0 Å². The second kappa shape index (κ2) is 8.37. The molecule has 0 aliphatic heterocycles. The van der Waals surface area contributed by atoms with Crippen molar-refractivity contribution in [1.82, 2.24) is 5.32 Å². The van der Waals surface area contributed by atoms with Crippen LogP contribution in [0.3, 0.4) is 0 Å². The van der Waals surface area contributed by atoms with Crippen molar-refractivity contribution in [3.63, 3.8) is 0 Å². The standard InChI is InChI=1S/C12H26ClNO/c1-5-11(6-8-13)10-14-9-7-12(2,3)15-4/h11,14H,5-10H2,1-4H3. The van der Waals surface area contributed by atoms with Crippen LogP contribution in [0.4, 0.5) is 0 Å². The minimum Gasteiger partial charge on any atom is -0.379 e. The van der Waals surface area contributed by atoms with Gasteiger partial charge in [-0.3, -0.25) is 0 Å². The first kappa shape index (κ1) is 15.2. The van der Waals surface area contributed by atoms with Gasteiger partial charge in [-0.05, 0) is 45.7 Å². The van der Waals surface area contributed by atoms with Crippen LogP contribution < -0.4 is 5.32 Å². The van der Waals surface area contributed by atoms with E-state index in [4.69, 9.17) is 16.3 Å². The van der Waals surface area contributed by atoms with E-state index in [1.807, 2.05) is 0 Å². The average Bonchev–Trinajstić information content (AvgIpc) is 2.22. The van der Waals surface area contributed by atoms with Crippen LogP contribution in [0, 0.1) is 5.92 Å². The number of methoxy groups -OCH3 is 1. The first-order valence-corrected chi connectivity index (χ1v) is 6.41. The topological polar surface area (TPSA) is 21.3 Å². The molecule has 0 aromatic heterocycles. The average molecular weight is 236 g/mol. The molecule has 1 atom stereocenters. The molecule has 0 saturated heterocycles. The fourth-order valence-electron chi connectivity index (χ4n) is 1.40. The van der Waals surface area contributed by atoms with Crippen molar-refractivity contribution in [2.24, 2.45) is 5.92 Å². The zero-order valence-electron chi connectivity index (χ0n) is 10.6. The second-order valence-electron chi connectivity index (χ2n) is 4.67. The Balaban J connectivity index is 3.52. The fourth-order valence-corrected chi connectivity index (χ4v) is 1.71. The Bertz CT molecular complexity index is 151. The zero-order valence-corrected chi connectivity index (χ0v) is 11.4. The monoisotopic (exact) mass is 235 g/mol. The summed E-state index contributed by atoms with van der Waals surface area (Å²) in [6, 6.07) is 0.